The number of nitrogens with zero attached hydrogens (tertiary/aromatic N) is 1. The van der Waals surface area contributed by atoms with Crippen LogP contribution in [-0.4, -0.2) is 15.9 Å². The van der Waals surface area contributed by atoms with Crippen LogP contribution in [0.1, 0.15) is 59.6 Å². The van der Waals surface area contributed by atoms with Gasteiger partial charge in [-0.2, -0.15) is 0 Å². The number of ketones is 1. The fourth-order valence-corrected chi connectivity index (χ4v) is 5.19. The minimum Gasteiger partial charge on any atom is -0.512 e. The molecule has 0 amide bonds. The Kier molecular flexibility index (Phi) is 10.1. The molecule has 0 aliphatic carbocycles. The number of aliphatic hydroxyl groups is 1. The minimum atomic E-state index is -0.125. The standard InChI is InChI=1S/C31H30N.C5H8O2.Ir/c1-20(2)17-22-18-23(19-28-25(22)11-8-12-29(28)31(3,4)5)30-27-14-13-21-9-6-7-10-24(21)26(27)15-16-32-30;1-4(6)3-5(2)7;/h6-16,19-20H,17H2,1-5H3;3,6H,1-2H3;/q-1;;/b;4-3-;. The number of benzene rings is 4. The first-order valence-electron chi connectivity index (χ1n) is 13.6. The first-order valence-corrected chi connectivity index (χ1v) is 13.6. The second-order valence-corrected chi connectivity index (χ2v) is 11.7. The third-order valence-electron chi connectivity index (χ3n) is 6.76. The van der Waals surface area contributed by atoms with E-state index in [4.69, 9.17) is 10.1 Å². The van der Waals surface area contributed by atoms with Crippen LogP contribution in [0.4, 0.5) is 0 Å². The number of carbonyl (C=O) groups excluding carboxylic acids is 1. The number of allylic oxidation sites excluding steroid dienone is 2. The van der Waals surface area contributed by atoms with Gasteiger partial charge < -0.3 is 10.1 Å². The van der Waals surface area contributed by atoms with Gasteiger partial charge in [-0.05, 0) is 64.9 Å². The van der Waals surface area contributed by atoms with E-state index in [1.165, 1.54) is 63.4 Å². The predicted octanol–water partition coefficient (Wildman–Crippen LogP) is 9.54. The number of hydrogen-bond acceptors (Lipinski definition) is 3. The van der Waals surface area contributed by atoms with Gasteiger partial charge >= 0.3 is 0 Å². The molecule has 1 radical (unpaired) electrons. The number of aliphatic hydroxyl groups excluding tert-OH is 1. The molecule has 0 saturated carbocycles. The Bertz CT molecular complexity index is 1690. The molecule has 40 heavy (non-hydrogen) atoms. The molecule has 3 nitrogen and oxygen atoms in total. The van der Waals surface area contributed by atoms with Gasteiger partial charge in [0.05, 0.1) is 5.76 Å². The maximum Gasteiger partial charge on any atom is 0.155 e. The second-order valence-electron chi connectivity index (χ2n) is 11.7. The fourth-order valence-electron chi connectivity index (χ4n) is 5.19. The molecule has 0 bridgehead atoms. The normalized spacial score (nSPS) is 11.8. The number of hydrogen-bond donors (Lipinski definition) is 1. The summed E-state index contributed by atoms with van der Waals surface area (Å²) in [7, 11) is 0. The minimum absolute atomic E-state index is 0. The van der Waals surface area contributed by atoms with E-state index in [0.717, 1.165) is 17.7 Å². The molecule has 0 atom stereocenters. The molecule has 0 unspecified atom stereocenters. The zero-order chi connectivity index (χ0) is 28.3. The molecule has 1 heterocycles. The van der Waals surface area contributed by atoms with Crippen LogP contribution >= 0.6 is 0 Å². The Hall–Kier alpha value is -3.33. The largest absolute Gasteiger partial charge is 0.512 e. The summed E-state index contributed by atoms with van der Waals surface area (Å²) in [5.74, 6) is 0.500. The maximum absolute atomic E-state index is 10.0. The summed E-state index contributed by atoms with van der Waals surface area (Å²) < 4.78 is 0. The van der Waals surface area contributed by atoms with Gasteiger partial charge in [-0.15, -0.1) is 23.3 Å². The quantitative estimate of drug-likeness (QED) is 0.0876. The Morgan fingerprint density at radius 1 is 0.900 bits per heavy atom. The molecule has 4 heteroatoms. The summed E-state index contributed by atoms with van der Waals surface area (Å²) in [5.41, 5.74) is 4.84. The zero-order valence-corrected chi connectivity index (χ0v) is 26.8. The maximum atomic E-state index is 10.0. The fraction of sp³-hybridized carbons (Fsp3) is 0.278. The van der Waals surface area contributed by atoms with Crippen molar-refractivity contribution in [2.24, 2.45) is 5.92 Å². The van der Waals surface area contributed by atoms with Crippen molar-refractivity contribution >= 4 is 38.1 Å². The average molecular weight is 709 g/mol. The van der Waals surface area contributed by atoms with Crippen molar-refractivity contribution in [3.63, 3.8) is 0 Å². The molecule has 5 aromatic rings. The van der Waals surface area contributed by atoms with Crippen molar-refractivity contribution in [3.05, 3.63) is 102 Å². The number of carbonyl (C=O) groups is 1. The Balaban J connectivity index is 0.000000492. The molecule has 209 valence electrons. The van der Waals surface area contributed by atoms with Gasteiger partial charge in [-0.25, -0.2) is 0 Å². The molecule has 1 aromatic heterocycles. The van der Waals surface area contributed by atoms with Crippen molar-refractivity contribution in [3.8, 4) is 11.3 Å². The first-order chi connectivity index (χ1) is 18.5. The van der Waals surface area contributed by atoms with Crippen molar-refractivity contribution in [2.45, 2.75) is 60.3 Å². The summed E-state index contributed by atoms with van der Waals surface area (Å²) in [5, 5.41) is 16.0. The number of fused-ring (bicyclic) bond motifs is 4. The summed E-state index contributed by atoms with van der Waals surface area (Å²) >= 11 is 0. The van der Waals surface area contributed by atoms with Gasteiger partial charge in [0.25, 0.3) is 0 Å². The van der Waals surface area contributed by atoms with E-state index in [9.17, 15) is 4.79 Å². The van der Waals surface area contributed by atoms with Gasteiger partial charge in [0.1, 0.15) is 0 Å². The summed E-state index contributed by atoms with van der Waals surface area (Å²) in [6, 6.07) is 28.0. The molecule has 5 rings (SSSR count). The molecule has 0 saturated heterocycles. The second kappa shape index (κ2) is 12.9. The average Bonchev–Trinajstić information content (AvgIpc) is 2.86. The van der Waals surface area contributed by atoms with E-state index in [1.807, 2.05) is 6.20 Å². The molecule has 0 spiro atoms. The van der Waals surface area contributed by atoms with E-state index in [1.54, 1.807) is 0 Å². The molecule has 0 aliphatic rings. The molecular weight excluding hydrogens is 671 g/mol. The van der Waals surface area contributed by atoms with Gasteiger partial charge in [0.2, 0.25) is 0 Å². The van der Waals surface area contributed by atoms with Gasteiger partial charge in [-0.1, -0.05) is 106 Å². The van der Waals surface area contributed by atoms with Gasteiger partial charge in [0.15, 0.2) is 5.78 Å². The van der Waals surface area contributed by atoms with Crippen molar-refractivity contribution in [1.29, 1.82) is 0 Å². The van der Waals surface area contributed by atoms with Crippen LogP contribution in [0.3, 0.4) is 0 Å². The first kappa shape index (κ1) is 31.2. The van der Waals surface area contributed by atoms with Crippen LogP contribution in [0.25, 0.3) is 43.6 Å². The smallest absolute Gasteiger partial charge is 0.155 e. The molecule has 4 aromatic carbocycles. The van der Waals surface area contributed by atoms with Crippen molar-refractivity contribution in [1.82, 2.24) is 4.98 Å². The van der Waals surface area contributed by atoms with Crippen LogP contribution in [0, 0.1) is 12.0 Å². The number of pyridine rings is 1. The topological polar surface area (TPSA) is 50.2 Å². The molecule has 0 fully saturated rings. The van der Waals surface area contributed by atoms with E-state index in [-0.39, 0.29) is 37.1 Å². The number of rotatable bonds is 4. The van der Waals surface area contributed by atoms with E-state index >= 15 is 0 Å². The van der Waals surface area contributed by atoms with Crippen LogP contribution in [0.2, 0.25) is 0 Å². The zero-order valence-electron chi connectivity index (χ0n) is 24.4. The van der Waals surface area contributed by atoms with Gasteiger partial charge in [-0.3, -0.25) is 4.79 Å². The summed E-state index contributed by atoms with van der Waals surface area (Å²) in [6.07, 6.45) is 4.12. The SMILES string of the molecule is CC(=O)/C=C(/C)O.CC(C)Cc1[c-]c(-c2nccc3c2ccc2ccccc23)cc2c(C(C)(C)C)cccc12.[Ir]. The molecular formula is C36H38IrNO2-. The molecule has 0 aliphatic heterocycles. The van der Waals surface area contributed by atoms with E-state index < -0.39 is 0 Å². The van der Waals surface area contributed by atoms with Gasteiger partial charge in [0, 0.05) is 32.4 Å². The van der Waals surface area contributed by atoms with Crippen LogP contribution in [-0.2, 0) is 36.7 Å². The predicted molar refractivity (Wildman–Crippen MR) is 165 cm³/mol. The number of aromatic nitrogens is 1. The van der Waals surface area contributed by atoms with Crippen molar-refractivity contribution in [2.75, 3.05) is 0 Å². The third kappa shape index (κ3) is 7.05. The van der Waals surface area contributed by atoms with Crippen LogP contribution in [0.5, 0.6) is 0 Å². The van der Waals surface area contributed by atoms with E-state index in [0.29, 0.717) is 5.92 Å². The summed E-state index contributed by atoms with van der Waals surface area (Å²) in [4.78, 5) is 14.9. The van der Waals surface area contributed by atoms with E-state index in [2.05, 4.69) is 107 Å². The van der Waals surface area contributed by atoms with Crippen LogP contribution < -0.4 is 0 Å². The Labute approximate surface area is 251 Å². The Morgan fingerprint density at radius 3 is 2.23 bits per heavy atom. The third-order valence-corrected chi connectivity index (χ3v) is 6.76. The van der Waals surface area contributed by atoms with Crippen molar-refractivity contribution < 1.29 is 30.0 Å². The molecule has 1 N–H and O–H groups in total. The summed E-state index contributed by atoms with van der Waals surface area (Å²) in [6.45, 7) is 14.3. The van der Waals surface area contributed by atoms with Crippen LogP contribution in [0.15, 0.2) is 84.8 Å². The Morgan fingerprint density at radius 2 is 1.60 bits per heavy atom. The monoisotopic (exact) mass is 709 g/mol.